The Labute approximate surface area is 131 Å². The van der Waals surface area contributed by atoms with Crippen molar-refractivity contribution in [2.75, 3.05) is 19.6 Å². The number of piperidine rings is 1. The summed E-state index contributed by atoms with van der Waals surface area (Å²) in [6, 6.07) is 0. The van der Waals surface area contributed by atoms with Gasteiger partial charge in [0.2, 0.25) is 0 Å². The highest BCUT2D eigenvalue weighted by Gasteiger charge is 2.22. The van der Waals surface area contributed by atoms with Crippen LogP contribution >= 0.6 is 0 Å². The minimum Gasteiger partial charge on any atom is -0.351 e. The number of rotatable bonds is 3. The zero-order valence-corrected chi connectivity index (χ0v) is 13.9. The van der Waals surface area contributed by atoms with Crippen LogP contribution in [0, 0.1) is 12.8 Å². The fourth-order valence-corrected chi connectivity index (χ4v) is 2.63. The lowest BCUT2D eigenvalue weighted by molar-refractivity contribution is 0.0942. The van der Waals surface area contributed by atoms with Crippen molar-refractivity contribution in [1.29, 1.82) is 0 Å². The standard InChI is InChI=1S/C16H26N4O2/c1-10-12(14(22)20-15(19-10)16(2,3)4)13(21)18-9-11-6-5-7-17-8-11/h11,17H,5-9H2,1-4H3,(H,18,21)(H,19,20,22). The van der Waals surface area contributed by atoms with Crippen molar-refractivity contribution in [1.82, 2.24) is 20.6 Å². The first kappa shape index (κ1) is 16.7. The molecule has 0 saturated carbocycles. The Hall–Kier alpha value is -1.69. The Morgan fingerprint density at radius 1 is 1.41 bits per heavy atom. The molecular formula is C16H26N4O2. The van der Waals surface area contributed by atoms with Gasteiger partial charge in [0.05, 0.1) is 5.69 Å². The molecule has 1 unspecified atom stereocenters. The van der Waals surface area contributed by atoms with E-state index >= 15 is 0 Å². The molecule has 0 aliphatic carbocycles. The molecule has 3 N–H and O–H groups in total. The van der Waals surface area contributed by atoms with Gasteiger partial charge in [0.25, 0.3) is 11.5 Å². The minimum absolute atomic E-state index is 0.122. The van der Waals surface area contributed by atoms with Gasteiger partial charge >= 0.3 is 0 Å². The van der Waals surface area contributed by atoms with Gasteiger partial charge in [-0.25, -0.2) is 4.98 Å². The van der Waals surface area contributed by atoms with E-state index in [9.17, 15) is 9.59 Å². The molecule has 1 amide bonds. The van der Waals surface area contributed by atoms with Crippen molar-refractivity contribution < 1.29 is 4.79 Å². The molecule has 122 valence electrons. The van der Waals surface area contributed by atoms with Crippen LogP contribution in [-0.4, -0.2) is 35.5 Å². The van der Waals surface area contributed by atoms with Gasteiger partial charge in [-0.15, -0.1) is 0 Å². The number of carbonyl (C=O) groups excluding carboxylic acids is 1. The van der Waals surface area contributed by atoms with E-state index in [1.807, 2.05) is 20.8 Å². The van der Waals surface area contributed by atoms with Gasteiger partial charge in [0.15, 0.2) is 0 Å². The van der Waals surface area contributed by atoms with E-state index in [4.69, 9.17) is 0 Å². The van der Waals surface area contributed by atoms with Crippen molar-refractivity contribution in [3.63, 3.8) is 0 Å². The van der Waals surface area contributed by atoms with Crippen LogP contribution in [0.3, 0.4) is 0 Å². The third kappa shape index (κ3) is 3.94. The van der Waals surface area contributed by atoms with Gasteiger partial charge in [-0.05, 0) is 38.8 Å². The number of carbonyl (C=O) groups is 1. The Bertz CT molecular complexity index is 595. The number of nitrogens with one attached hydrogen (secondary N) is 3. The summed E-state index contributed by atoms with van der Waals surface area (Å²) in [6.07, 6.45) is 2.23. The monoisotopic (exact) mass is 306 g/mol. The van der Waals surface area contributed by atoms with Gasteiger partial charge in [0.1, 0.15) is 11.4 Å². The zero-order valence-electron chi connectivity index (χ0n) is 13.9. The lowest BCUT2D eigenvalue weighted by atomic mass is 9.95. The SMILES string of the molecule is Cc1nc(C(C)(C)C)[nH]c(=O)c1C(=O)NCC1CCCNC1. The minimum atomic E-state index is -0.364. The topological polar surface area (TPSA) is 86.9 Å². The van der Waals surface area contributed by atoms with Crippen LogP contribution in [0.5, 0.6) is 0 Å². The van der Waals surface area contributed by atoms with Gasteiger partial charge < -0.3 is 15.6 Å². The predicted octanol–water partition coefficient (Wildman–Crippen LogP) is 1.11. The Kier molecular flexibility index (Phi) is 5.01. The molecule has 2 heterocycles. The summed E-state index contributed by atoms with van der Waals surface area (Å²) in [5, 5.41) is 6.18. The first-order chi connectivity index (χ1) is 10.3. The van der Waals surface area contributed by atoms with E-state index in [0.29, 0.717) is 24.0 Å². The smallest absolute Gasteiger partial charge is 0.264 e. The average molecular weight is 306 g/mol. The molecule has 22 heavy (non-hydrogen) atoms. The molecular weight excluding hydrogens is 280 g/mol. The molecule has 6 heteroatoms. The van der Waals surface area contributed by atoms with Gasteiger partial charge in [-0.3, -0.25) is 9.59 Å². The van der Waals surface area contributed by atoms with Crippen LogP contribution in [0.1, 0.15) is 55.5 Å². The van der Waals surface area contributed by atoms with Crippen molar-refractivity contribution in [2.45, 2.75) is 46.0 Å². The Morgan fingerprint density at radius 3 is 2.68 bits per heavy atom. The molecule has 1 aliphatic rings. The summed E-state index contributed by atoms with van der Waals surface area (Å²) >= 11 is 0. The molecule has 1 aromatic rings. The summed E-state index contributed by atoms with van der Waals surface area (Å²) in [5.41, 5.74) is -0.0198. The Balaban J connectivity index is 2.11. The first-order valence-electron chi connectivity index (χ1n) is 7.89. The highest BCUT2D eigenvalue weighted by molar-refractivity contribution is 5.94. The number of aromatic nitrogens is 2. The van der Waals surface area contributed by atoms with Crippen LogP contribution < -0.4 is 16.2 Å². The van der Waals surface area contributed by atoms with Crippen LogP contribution in [0.25, 0.3) is 0 Å². The van der Waals surface area contributed by atoms with E-state index in [1.165, 1.54) is 0 Å². The molecule has 1 saturated heterocycles. The van der Waals surface area contributed by atoms with Gasteiger partial charge in [-0.1, -0.05) is 20.8 Å². The molecule has 2 rings (SSSR count). The van der Waals surface area contributed by atoms with Crippen LogP contribution in [-0.2, 0) is 5.41 Å². The zero-order chi connectivity index (χ0) is 16.3. The number of nitrogens with zero attached hydrogens (tertiary/aromatic N) is 1. The van der Waals surface area contributed by atoms with Crippen molar-refractivity contribution in [3.8, 4) is 0 Å². The number of H-pyrrole nitrogens is 1. The van der Waals surface area contributed by atoms with E-state index < -0.39 is 0 Å². The number of aromatic amines is 1. The third-order valence-corrected chi connectivity index (χ3v) is 3.99. The fourth-order valence-electron chi connectivity index (χ4n) is 2.63. The number of amides is 1. The molecule has 0 aromatic carbocycles. The lowest BCUT2D eigenvalue weighted by Crippen LogP contribution is -2.40. The molecule has 1 fully saturated rings. The molecule has 1 atom stereocenters. The van der Waals surface area contributed by atoms with Crippen LogP contribution in [0.2, 0.25) is 0 Å². The number of aryl methyl sites for hydroxylation is 1. The fraction of sp³-hybridized carbons (Fsp3) is 0.688. The van der Waals surface area contributed by atoms with E-state index in [2.05, 4.69) is 20.6 Å². The first-order valence-corrected chi connectivity index (χ1v) is 7.89. The maximum Gasteiger partial charge on any atom is 0.264 e. The molecule has 1 aromatic heterocycles. The molecule has 0 bridgehead atoms. The second-order valence-electron chi connectivity index (χ2n) is 7.05. The average Bonchev–Trinajstić information content (AvgIpc) is 2.44. The van der Waals surface area contributed by atoms with Crippen molar-refractivity contribution in [3.05, 3.63) is 27.4 Å². The highest BCUT2D eigenvalue weighted by atomic mass is 16.2. The normalized spacial score (nSPS) is 19.0. The summed E-state index contributed by atoms with van der Waals surface area (Å²) < 4.78 is 0. The maximum absolute atomic E-state index is 12.3. The van der Waals surface area contributed by atoms with Crippen LogP contribution in [0.4, 0.5) is 0 Å². The lowest BCUT2D eigenvalue weighted by Gasteiger charge is -2.23. The Morgan fingerprint density at radius 2 is 2.14 bits per heavy atom. The number of hydrogen-bond donors (Lipinski definition) is 3. The van der Waals surface area contributed by atoms with E-state index in [-0.39, 0.29) is 22.4 Å². The quantitative estimate of drug-likeness (QED) is 0.780. The maximum atomic E-state index is 12.3. The van der Waals surface area contributed by atoms with E-state index in [1.54, 1.807) is 6.92 Å². The second-order valence-corrected chi connectivity index (χ2v) is 7.05. The van der Waals surface area contributed by atoms with Gasteiger partial charge in [-0.2, -0.15) is 0 Å². The summed E-state index contributed by atoms with van der Waals surface area (Å²) in [5.74, 6) is 0.694. The summed E-state index contributed by atoms with van der Waals surface area (Å²) in [4.78, 5) is 31.7. The molecule has 1 aliphatic heterocycles. The summed E-state index contributed by atoms with van der Waals surface area (Å²) in [7, 11) is 0. The summed E-state index contributed by atoms with van der Waals surface area (Å²) in [6.45, 7) is 10.2. The van der Waals surface area contributed by atoms with Crippen molar-refractivity contribution >= 4 is 5.91 Å². The van der Waals surface area contributed by atoms with Gasteiger partial charge in [0, 0.05) is 12.0 Å². The molecule has 6 nitrogen and oxygen atoms in total. The van der Waals surface area contributed by atoms with Crippen LogP contribution in [0.15, 0.2) is 4.79 Å². The predicted molar refractivity (Wildman–Crippen MR) is 86.2 cm³/mol. The third-order valence-electron chi connectivity index (χ3n) is 3.99. The molecule has 0 spiro atoms. The highest BCUT2D eigenvalue weighted by Crippen LogP contribution is 2.17. The van der Waals surface area contributed by atoms with E-state index in [0.717, 1.165) is 25.9 Å². The molecule has 0 radical (unpaired) electrons. The largest absolute Gasteiger partial charge is 0.351 e. The van der Waals surface area contributed by atoms with Crippen molar-refractivity contribution in [2.24, 2.45) is 5.92 Å². The second kappa shape index (κ2) is 6.60. The number of hydrogen-bond acceptors (Lipinski definition) is 4.